The highest BCUT2D eigenvalue weighted by atomic mass is 15.2. The van der Waals surface area contributed by atoms with Crippen molar-refractivity contribution in [2.24, 2.45) is 0 Å². The van der Waals surface area contributed by atoms with E-state index in [4.69, 9.17) is 15.0 Å². The highest BCUT2D eigenvalue weighted by Crippen LogP contribution is 2.37. The largest absolute Gasteiger partial charge is 0.278 e. The summed E-state index contributed by atoms with van der Waals surface area (Å²) >= 11 is 0. The maximum Gasteiger partial charge on any atom is 0.238 e. The molecule has 0 saturated heterocycles. The van der Waals surface area contributed by atoms with Crippen LogP contribution in [-0.4, -0.2) is 19.5 Å². The van der Waals surface area contributed by atoms with Gasteiger partial charge in [0.1, 0.15) is 0 Å². The van der Waals surface area contributed by atoms with Crippen molar-refractivity contribution < 1.29 is 0 Å². The molecule has 0 unspecified atom stereocenters. The highest BCUT2D eigenvalue weighted by Gasteiger charge is 2.17. The molecule has 4 heteroatoms. The molecular formula is C51H34N4. The van der Waals surface area contributed by atoms with Gasteiger partial charge in [-0.25, -0.2) is 4.98 Å². The van der Waals surface area contributed by atoms with Crippen LogP contribution in [0.2, 0.25) is 0 Å². The fourth-order valence-corrected chi connectivity index (χ4v) is 7.66. The van der Waals surface area contributed by atoms with E-state index in [2.05, 4.69) is 174 Å². The molecule has 0 aliphatic rings. The Morgan fingerprint density at radius 2 is 0.582 bits per heavy atom. The normalized spacial score (nSPS) is 11.3. The first-order chi connectivity index (χ1) is 27.3. The zero-order valence-corrected chi connectivity index (χ0v) is 29.9. The van der Waals surface area contributed by atoms with Gasteiger partial charge < -0.3 is 0 Å². The number of nitrogens with zero attached hydrogens (tertiary/aromatic N) is 4. The first-order valence-corrected chi connectivity index (χ1v) is 18.5. The van der Waals surface area contributed by atoms with Gasteiger partial charge in [0.2, 0.25) is 5.95 Å². The van der Waals surface area contributed by atoms with Crippen molar-refractivity contribution in [3.05, 3.63) is 206 Å². The average molecular weight is 703 g/mol. The lowest BCUT2D eigenvalue weighted by molar-refractivity contribution is 0.951. The van der Waals surface area contributed by atoms with Crippen LogP contribution in [0.1, 0.15) is 0 Å². The molecule has 0 radical (unpaired) electrons. The molecule has 10 rings (SSSR count). The molecule has 0 fully saturated rings. The van der Waals surface area contributed by atoms with E-state index in [1.54, 1.807) is 0 Å². The molecule has 2 heterocycles. The van der Waals surface area contributed by atoms with E-state index in [9.17, 15) is 0 Å². The van der Waals surface area contributed by atoms with E-state index in [0.29, 0.717) is 17.6 Å². The lowest BCUT2D eigenvalue weighted by Crippen LogP contribution is -2.08. The van der Waals surface area contributed by atoms with Gasteiger partial charge in [-0.15, -0.1) is 0 Å². The van der Waals surface area contributed by atoms with E-state index in [-0.39, 0.29) is 0 Å². The average Bonchev–Trinajstić information content (AvgIpc) is 3.31. The molecule has 0 amide bonds. The van der Waals surface area contributed by atoms with Crippen molar-refractivity contribution in [3.63, 3.8) is 0 Å². The number of fused-ring (bicyclic) bond motifs is 7. The second-order valence-electron chi connectivity index (χ2n) is 13.6. The quantitative estimate of drug-likeness (QED) is 0.179. The van der Waals surface area contributed by atoms with Crippen molar-refractivity contribution in [1.82, 2.24) is 19.5 Å². The predicted molar refractivity (Wildman–Crippen MR) is 229 cm³/mol. The van der Waals surface area contributed by atoms with Gasteiger partial charge in [0.15, 0.2) is 11.6 Å². The number of benzene rings is 8. The van der Waals surface area contributed by atoms with Gasteiger partial charge in [-0.1, -0.05) is 182 Å². The van der Waals surface area contributed by atoms with Crippen molar-refractivity contribution in [2.45, 2.75) is 0 Å². The summed E-state index contributed by atoms with van der Waals surface area (Å²) in [6.07, 6.45) is 0. The summed E-state index contributed by atoms with van der Waals surface area (Å²) in [5, 5.41) is 6.74. The summed E-state index contributed by atoms with van der Waals surface area (Å²) in [6, 6.07) is 72.5. The standard InChI is InChI=1S/C51H34N4/c1-5-17-35(18-6-1)39-29-31-47-45(33-39)43-27-15-13-25-41(43)42-26-14-16-28-44(42)46-34-40(36-19-7-2-8-20-36)30-32-48(46)55(47)51-53-49(37-21-9-3-10-22-37)52-50(54-51)38-23-11-4-12-24-38/h1-34H. The van der Waals surface area contributed by atoms with Gasteiger partial charge in [0.05, 0.1) is 11.0 Å². The van der Waals surface area contributed by atoms with Crippen LogP contribution in [0.4, 0.5) is 0 Å². The van der Waals surface area contributed by atoms with Gasteiger partial charge >= 0.3 is 0 Å². The summed E-state index contributed by atoms with van der Waals surface area (Å²) in [5.41, 5.74) is 8.35. The minimum atomic E-state index is 0.534. The van der Waals surface area contributed by atoms with Gasteiger partial charge in [0.25, 0.3) is 0 Å². The Bertz CT molecular complexity index is 2860. The van der Waals surface area contributed by atoms with Crippen LogP contribution >= 0.6 is 0 Å². The second-order valence-corrected chi connectivity index (χ2v) is 13.6. The van der Waals surface area contributed by atoms with Crippen molar-refractivity contribution in [3.8, 4) is 51.0 Å². The minimum absolute atomic E-state index is 0.534. The van der Waals surface area contributed by atoms with Crippen LogP contribution in [-0.2, 0) is 0 Å². The molecular weight excluding hydrogens is 669 g/mol. The molecule has 0 atom stereocenters. The lowest BCUT2D eigenvalue weighted by atomic mass is 9.98. The van der Waals surface area contributed by atoms with Gasteiger partial charge in [-0.3, -0.25) is 4.57 Å². The molecule has 0 N–H and O–H groups in total. The van der Waals surface area contributed by atoms with E-state index >= 15 is 0 Å². The van der Waals surface area contributed by atoms with E-state index in [1.165, 1.54) is 0 Å². The van der Waals surface area contributed by atoms with Crippen LogP contribution < -0.4 is 0 Å². The fraction of sp³-hybridized carbons (Fsp3) is 0. The molecule has 0 spiro atoms. The number of hydrogen-bond donors (Lipinski definition) is 0. The first kappa shape index (κ1) is 32.2. The third-order valence-electron chi connectivity index (χ3n) is 10.3. The second kappa shape index (κ2) is 13.8. The summed E-state index contributed by atoms with van der Waals surface area (Å²) in [4.78, 5) is 15.7. The third-order valence-corrected chi connectivity index (χ3v) is 10.3. The molecule has 0 bridgehead atoms. The molecule has 4 nitrogen and oxygen atoms in total. The molecule has 258 valence electrons. The number of rotatable bonds is 5. The number of aromatic nitrogens is 4. The van der Waals surface area contributed by atoms with E-state index in [1.807, 2.05) is 36.4 Å². The van der Waals surface area contributed by atoms with E-state index < -0.39 is 0 Å². The zero-order valence-electron chi connectivity index (χ0n) is 29.9. The monoisotopic (exact) mass is 702 g/mol. The molecule has 0 saturated carbocycles. The van der Waals surface area contributed by atoms with Crippen molar-refractivity contribution >= 4 is 43.4 Å². The molecule has 8 aromatic carbocycles. The Labute approximate surface area is 319 Å². The van der Waals surface area contributed by atoms with Crippen LogP contribution in [0, 0.1) is 0 Å². The molecule has 2 aromatic heterocycles. The first-order valence-electron chi connectivity index (χ1n) is 18.5. The Kier molecular flexibility index (Phi) is 8.12. The van der Waals surface area contributed by atoms with Crippen molar-refractivity contribution in [2.75, 3.05) is 0 Å². The molecule has 10 aromatic rings. The zero-order chi connectivity index (χ0) is 36.6. The number of hydrogen-bond acceptors (Lipinski definition) is 3. The highest BCUT2D eigenvalue weighted by molar-refractivity contribution is 6.20. The maximum absolute atomic E-state index is 5.33. The molecule has 0 aliphatic carbocycles. The SMILES string of the molecule is c1ccc(-c2ccc3c(c2)c2ccccc2c2ccccc2c2cc(-c4ccccc4)ccc2n3-c2nc(-c3ccccc3)nc(-c3ccccc3)n2)cc1. The Hall–Kier alpha value is -7.43. The topological polar surface area (TPSA) is 43.6 Å². The minimum Gasteiger partial charge on any atom is -0.278 e. The molecule has 55 heavy (non-hydrogen) atoms. The van der Waals surface area contributed by atoms with Crippen LogP contribution in [0.25, 0.3) is 94.3 Å². The Morgan fingerprint density at radius 1 is 0.255 bits per heavy atom. The van der Waals surface area contributed by atoms with Crippen LogP contribution in [0.5, 0.6) is 0 Å². The fourth-order valence-electron chi connectivity index (χ4n) is 7.66. The molecule has 0 aliphatic heterocycles. The summed E-state index contributed by atoms with van der Waals surface area (Å²) in [6.45, 7) is 0. The van der Waals surface area contributed by atoms with Gasteiger partial charge in [-0.2, -0.15) is 9.97 Å². The third kappa shape index (κ3) is 5.96. The summed E-state index contributed by atoms with van der Waals surface area (Å²) in [7, 11) is 0. The lowest BCUT2D eigenvalue weighted by Gasteiger charge is -2.16. The van der Waals surface area contributed by atoms with Gasteiger partial charge in [0, 0.05) is 21.9 Å². The Morgan fingerprint density at radius 3 is 0.964 bits per heavy atom. The van der Waals surface area contributed by atoms with Crippen LogP contribution in [0.15, 0.2) is 206 Å². The Balaban J connectivity index is 1.45. The van der Waals surface area contributed by atoms with Crippen LogP contribution in [0.3, 0.4) is 0 Å². The van der Waals surface area contributed by atoms with Gasteiger partial charge in [-0.05, 0) is 68.1 Å². The maximum atomic E-state index is 5.33. The predicted octanol–water partition coefficient (Wildman–Crippen LogP) is 13.1. The smallest absolute Gasteiger partial charge is 0.238 e. The summed E-state index contributed by atoms with van der Waals surface area (Å²) in [5.74, 6) is 1.75. The van der Waals surface area contributed by atoms with Crippen molar-refractivity contribution in [1.29, 1.82) is 0 Å². The summed E-state index contributed by atoms with van der Waals surface area (Å²) < 4.78 is 2.24. The van der Waals surface area contributed by atoms with E-state index in [0.717, 1.165) is 76.7 Å².